The van der Waals surface area contributed by atoms with Gasteiger partial charge in [-0.25, -0.2) is 26.9 Å². The van der Waals surface area contributed by atoms with Gasteiger partial charge < -0.3 is 0 Å². The van der Waals surface area contributed by atoms with Crippen molar-refractivity contribution < 1.29 is 26.4 Å². The van der Waals surface area contributed by atoms with E-state index in [0.29, 0.717) is 6.42 Å². The summed E-state index contributed by atoms with van der Waals surface area (Å²) in [5, 5.41) is 2.34. The zero-order valence-corrected chi connectivity index (χ0v) is 17.5. The summed E-state index contributed by atoms with van der Waals surface area (Å²) in [6.45, 7) is 0.424. The van der Waals surface area contributed by atoms with Crippen LogP contribution in [0.2, 0.25) is 0 Å². The number of carbonyl (C=O) groups excluding carboxylic acids is 2. The maximum Gasteiger partial charge on any atom is 0.273 e. The van der Waals surface area contributed by atoms with E-state index >= 15 is 0 Å². The Kier molecular flexibility index (Phi) is 5.50. The molecule has 2 aromatic rings. The van der Waals surface area contributed by atoms with E-state index in [1.54, 1.807) is 12.1 Å². The Morgan fingerprint density at radius 2 is 1.03 bits per heavy atom. The summed E-state index contributed by atoms with van der Waals surface area (Å²) in [6, 6.07) is 11.6. The Hall–Kier alpha value is -2.72. The van der Waals surface area contributed by atoms with E-state index in [-0.39, 0.29) is 34.0 Å². The molecular formula is C19H20N2O6S2. The highest BCUT2D eigenvalue weighted by Gasteiger charge is 2.35. The minimum Gasteiger partial charge on any atom is -0.267 e. The lowest BCUT2D eigenvalue weighted by molar-refractivity contribution is 0.0181. The number of amides is 2. The van der Waals surface area contributed by atoms with Gasteiger partial charge in [0.25, 0.3) is 11.8 Å². The standard InChI is InChI=1S/C19H20N2O6S2/c1-28(24,25)16-10-5-3-8-14(16)18(22)20-12-7-13-21(20)19(23)15-9-4-6-11-17(15)29(2,26)27/h3-6,8-11H,7,12-13H2,1-2H3. The fourth-order valence-electron chi connectivity index (χ4n) is 3.25. The van der Waals surface area contributed by atoms with Crippen LogP contribution in [0.4, 0.5) is 0 Å². The van der Waals surface area contributed by atoms with Crippen LogP contribution in [0.5, 0.6) is 0 Å². The van der Waals surface area contributed by atoms with Crippen molar-refractivity contribution in [1.29, 1.82) is 0 Å². The molecule has 2 amide bonds. The Balaban J connectivity index is 2.01. The number of nitrogens with zero attached hydrogens (tertiary/aromatic N) is 2. The molecule has 0 N–H and O–H groups in total. The van der Waals surface area contributed by atoms with Crippen LogP contribution < -0.4 is 0 Å². The van der Waals surface area contributed by atoms with E-state index in [0.717, 1.165) is 12.5 Å². The van der Waals surface area contributed by atoms with Gasteiger partial charge in [-0.3, -0.25) is 9.59 Å². The van der Waals surface area contributed by atoms with Crippen molar-refractivity contribution in [2.45, 2.75) is 16.2 Å². The quantitative estimate of drug-likeness (QED) is 0.717. The Labute approximate surface area is 169 Å². The van der Waals surface area contributed by atoms with Gasteiger partial charge in [0.05, 0.1) is 20.9 Å². The Morgan fingerprint density at radius 3 is 1.38 bits per heavy atom. The third-order valence-electron chi connectivity index (χ3n) is 4.53. The normalized spacial score (nSPS) is 14.8. The highest BCUT2D eigenvalue weighted by Crippen LogP contribution is 2.24. The summed E-state index contributed by atoms with van der Waals surface area (Å²) in [4.78, 5) is 25.9. The van der Waals surface area contributed by atoms with Gasteiger partial charge in [-0.05, 0) is 30.7 Å². The van der Waals surface area contributed by atoms with Gasteiger partial charge in [-0.15, -0.1) is 0 Å². The number of hydrogen-bond donors (Lipinski definition) is 0. The second-order valence-electron chi connectivity index (χ2n) is 6.75. The molecule has 1 aliphatic heterocycles. The minimum atomic E-state index is -3.65. The van der Waals surface area contributed by atoms with Gasteiger partial charge in [-0.1, -0.05) is 24.3 Å². The van der Waals surface area contributed by atoms with Gasteiger partial charge in [0, 0.05) is 25.6 Å². The van der Waals surface area contributed by atoms with Crippen molar-refractivity contribution in [3.8, 4) is 0 Å². The predicted octanol–water partition coefficient (Wildman–Crippen LogP) is 1.40. The molecular weight excluding hydrogens is 416 g/mol. The van der Waals surface area contributed by atoms with Gasteiger partial charge in [0.15, 0.2) is 19.7 Å². The monoisotopic (exact) mass is 436 g/mol. The zero-order valence-electron chi connectivity index (χ0n) is 15.9. The molecule has 0 radical (unpaired) electrons. The van der Waals surface area contributed by atoms with Crippen LogP contribution in [0.3, 0.4) is 0 Å². The molecule has 8 nitrogen and oxygen atoms in total. The number of carbonyl (C=O) groups is 2. The molecule has 1 aliphatic rings. The van der Waals surface area contributed by atoms with E-state index < -0.39 is 31.5 Å². The lowest BCUT2D eigenvalue weighted by Gasteiger charge is -2.29. The molecule has 0 aliphatic carbocycles. The van der Waals surface area contributed by atoms with Crippen LogP contribution in [-0.2, 0) is 19.7 Å². The second-order valence-corrected chi connectivity index (χ2v) is 10.7. The van der Waals surface area contributed by atoms with E-state index in [9.17, 15) is 26.4 Å². The van der Waals surface area contributed by atoms with Crippen LogP contribution in [0.25, 0.3) is 0 Å². The molecule has 0 bridgehead atoms. The molecule has 1 saturated heterocycles. The van der Waals surface area contributed by atoms with Crippen LogP contribution in [-0.4, -0.2) is 64.3 Å². The molecule has 29 heavy (non-hydrogen) atoms. The fraction of sp³-hybridized carbons (Fsp3) is 0.263. The van der Waals surface area contributed by atoms with Crippen LogP contribution in [0, 0.1) is 0 Å². The smallest absolute Gasteiger partial charge is 0.267 e. The molecule has 154 valence electrons. The first-order valence-electron chi connectivity index (χ1n) is 8.73. The average Bonchev–Trinajstić information content (AvgIpc) is 3.15. The Bertz CT molecular complexity index is 1100. The predicted molar refractivity (Wildman–Crippen MR) is 106 cm³/mol. The summed E-state index contributed by atoms with van der Waals surface area (Å²) in [5.41, 5.74) is -0.0720. The molecule has 1 fully saturated rings. The Morgan fingerprint density at radius 1 is 0.690 bits per heavy atom. The number of hydrogen-bond acceptors (Lipinski definition) is 6. The average molecular weight is 437 g/mol. The van der Waals surface area contributed by atoms with Crippen molar-refractivity contribution in [2.75, 3.05) is 25.6 Å². The zero-order chi connectivity index (χ0) is 21.4. The first-order chi connectivity index (χ1) is 13.5. The van der Waals surface area contributed by atoms with Gasteiger partial charge in [-0.2, -0.15) is 0 Å². The van der Waals surface area contributed by atoms with Crippen molar-refractivity contribution in [3.05, 3.63) is 59.7 Å². The molecule has 0 saturated carbocycles. The van der Waals surface area contributed by atoms with Crippen molar-refractivity contribution in [2.24, 2.45) is 0 Å². The summed E-state index contributed by atoms with van der Waals surface area (Å²) in [5.74, 6) is -1.26. The molecule has 1 heterocycles. The van der Waals surface area contributed by atoms with E-state index in [1.165, 1.54) is 46.4 Å². The number of benzene rings is 2. The van der Waals surface area contributed by atoms with Gasteiger partial charge >= 0.3 is 0 Å². The largest absolute Gasteiger partial charge is 0.273 e. The summed E-state index contributed by atoms with van der Waals surface area (Å²) < 4.78 is 48.2. The number of rotatable bonds is 4. The van der Waals surface area contributed by atoms with Crippen LogP contribution in [0.1, 0.15) is 27.1 Å². The third-order valence-corrected chi connectivity index (χ3v) is 6.84. The summed E-state index contributed by atoms with van der Waals surface area (Å²) in [6.07, 6.45) is 2.50. The molecule has 0 unspecified atom stereocenters. The highest BCUT2D eigenvalue weighted by molar-refractivity contribution is 7.91. The van der Waals surface area contributed by atoms with E-state index in [1.807, 2.05) is 0 Å². The maximum atomic E-state index is 13.1. The van der Waals surface area contributed by atoms with Crippen LogP contribution in [0.15, 0.2) is 58.3 Å². The first kappa shape index (κ1) is 21.0. The minimum absolute atomic E-state index is 0.0360. The van der Waals surface area contributed by atoms with Crippen molar-refractivity contribution in [3.63, 3.8) is 0 Å². The summed E-state index contributed by atoms with van der Waals surface area (Å²) in [7, 11) is -7.31. The molecule has 0 aromatic heterocycles. The molecule has 0 spiro atoms. The molecule has 3 rings (SSSR count). The van der Waals surface area contributed by atoms with Gasteiger partial charge in [0.2, 0.25) is 0 Å². The molecule has 2 aromatic carbocycles. The maximum absolute atomic E-state index is 13.1. The number of sulfone groups is 2. The first-order valence-corrected chi connectivity index (χ1v) is 12.5. The van der Waals surface area contributed by atoms with Crippen LogP contribution >= 0.6 is 0 Å². The van der Waals surface area contributed by atoms with E-state index in [2.05, 4.69) is 0 Å². The van der Waals surface area contributed by atoms with Gasteiger partial charge in [0.1, 0.15) is 0 Å². The highest BCUT2D eigenvalue weighted by atomic mass is 32.2. The fourth-order valence-corrected chi connectivity index (χ4v) is 5.01. The second kappa shape index (κ2) is 7.60. The SMILES string of the molecule is CS(=O)(=O)c1ccccc1C(=O)N1CCCN1C(=O)c1ccccc1S(C)(=O)=O. The lowest BCUT2D eigenvalue weighted by atomic mass is 10.2. The molecule has 10 heteroatoms. The lowest BCUT2D eigenvalue weighted by Crippen LogP contribution is -2.45. The number of hydrazine groups is 1. The van der Waals surface area contributed by atoms with Crippen molar-refractivity contribution in [1.82, 2.24) is 10.0 Å². The van der Waals surface area contributed by atoms with E-state index in [4.69, 9.17) is 0 Å². The topological polar surface area (TPSA) is 109 Å². The molecule has 0 atom stereocenters. The summed E-state index contributed by atoms with van der Waals surface area (Å²) >= 11 is 0. The third kappa shape index (κ3) is 4.18. The van der Waals surface area contributed by atoms with Crippen molar-refractivity contribution >= 4 is 31.5 Å².